The molecule has 0 aliphatic rings. The third-order valence-electron chi connectivity index (χ3n) is 2.77. The summed E-state index contributed by atoms with van der Waals surface area (Å²) < 4.78 is 11.0. The van der Waals surface area contributed by atoms with Gasteiger partial charge >= 0.3 is 0 Å². The highest BCUT2D eigenvalue weighted by Gasteiger charge is 2.05. The predicted molar refractivity (Wildman–Crippen MR) is 111 cm³/mol. The van der Waals surface area contributed by atoms with E-state index in [0.29, 0.717) is 31.6 Å². The lowest BCUT2D eigenvalue weighted by Crippen LogP contribution is -2.39. The second-order valence-electron chi connectivity index (χ2n) is 6.55. The first-order valence-electron chi connectivity index (χ1n) is 8.81. The summed E-state index contributed by atoms with van der Waals surface area (Å²) in [6.45, 7) is 14.9. The van der Waals surface area contributed by atoms with Crippen molar-refractivity contribution in [3.63, 3.8) is 0 Å². The molecule has 0 rings (SSSR count). The van der Waals surface area contributed by atoms with Crippen molar-refractivity contribution in [1.29, 1.82) is 0 Å². The Balaban J connectivity index is 0. The number of aliphatic hydroxyl groups excluding tert-OH is 1. The average Bonchev–Trinajstić information content (AvgIpc) is 2.47. The smallest absolute Gasteiger partial charge is 0.191 e. The van der Waals surface area contributed by atoms with Crippen molar-refractivity contribution in [2.45, 2.75) is 47.1 Å². The number of halogens is 1. The Morgan fingerprint density at radius 2 is 1.62 bits per heavy atom. The van der Waals surface area contributed by atoms with E-state index in [1.807, 2.05) is 6.92 Å². The van der Waals surface area contributed by atoms with Crippen LogP contribution in [0.3, 0.4) is 0 Å². The lowest BCUT2D eigenvalue weighted by atomic mass is 10.2. The van der Waals surface area contributed by atoms with Crippen LogP contribution in [-0.2, 0) is 9.47 Å². The van der Waals surface area contributed by atoms with E-state index < -0.39 is 6.10 Å². The van der Waals surface area contributed by atoms with E-state index in [4.69, 9.17) is 9.47 Å². The average molecular weight is 459 g/mol. The molecule has 0 aliphatic carbocycles. The van der Waals surface area contributed by atoms with E-state index in [1.54, 1.807) is 0 Å². The van der Waals surface area contributed by atoms with Crippen molar-refractivity contribution in [2.75, 3.05) is 46.1 Å². The maximum atomic E-state index is 9.87. The molecular weight excluding hydrogens is 421 g/mol. The van der Waals surface area contributed by atoms with Crippen molar-refractivity contribution in [1.82, 2.24) is 10.6 Å². The minimum absolute atomic E-state index is 0. The lowest BCUT2D eigenvalue weighted by Gasteiger charge is -2.14. The quantitative estimate of drug-likeness (QED) is 0.171. The lowest BCUT2D eigenvalue weighted by molar-refractivity contribution is 0.0301. The van der Waals surface area contributed by atoms with Crippen molar-refractivity contribution in [3.05, 3.63) is 0 Å². The first kappa shape index (κ1) is 26.1. The van der Waals surface area contributed by atoms with Crippen LogP contribution in [0.25, 0.3) is 0 Å². The second kappa shape index (κ2) is 17.7. The molecule has 24 heavy (non-hydrogen) atoms. The number of hydrogen-bond donors (Lipinski definition) is 3. The molecule has 0 saturated carbocycles. The first-order chi connectivity index (χ1) is 11.0. The number of aliphatic hydroxyl groups is 1. The molecule has 0 radical (unpaired) electrons. The van der Waals surface area contributed by atoms with Crippen molar-refractivity contribution >= 4 is 29.9 Å². The molecule has 3 N–H and O–H groups in total. The Morgan fingerprint density at radius 3 is 2.21 bits per heavy atom. The number of rotatable bonds is 13. The van der Waals surface area contributed by atoms with Crippen molar-refractivity contribution in [2.24, 2.45) is 16.8 Å². The number of aliphatic imine (C=N–C) groups is 1. The Kier molecular flexibility index (Phi) is 19.3. The summed E-state index contributed by atoms with van der Waals surface area (Å²) in [5.41, 5.74) is 0. The molecular formula is C17H38IN3O3. The van der Waals surface area contributed by atoms with E-state index in [-0.39, 0.29) is 24.0 Å². The van der Waals surface area contributed by atoms with E-state index >= 15 is 0 Å². The summed E-state index contributed by atoms with van der Waals surface area (Å²) in [7, 11) is 0. The molecule has 0 aromatic rings. The van der Waals surface area contributed by atoms with E-state index in [9.17, 15) is 5.11 Å². The van der Waals surface area contributed by atoms with E-state index in [0.717, 1.165) is 38.7 Å². The maximum absolute atomic E-state index is 9.87. The normalized spacial score (nSPS) is 13.1. The third kappa shape index (κ3) is 18.2. The Hall–Kier alpha value is -0.120. The van der Waals surface area contributed by atoms with Crippen LogP contribution in [0, 0.1) is 11.8 Å². The van der Waals surface area contributed by atoms with Gasteiger partial charge in [-0.25, -0.2) is 0 Å². The summed E-state index contributed by atoms with van der Waals surface area (Å²) >= 11 is 0. The number of guanidine groups is 1. The van der Waals surface area contributed by atoms with Gasteiger partial charge in [-0.3, -0.25) is 4.99 Å². The minimum Gasteiger partial charge on any atom is -0.389 e. The maximum Gasteiger partial charge on any atom is 0.191 e. The van der Waals surface area contributed by atoms with Gasteiger partial charge in [0.2, 0.25) is 0 Å². The first-order valence-corrected chi connectivity index (χ1v) is 8.81. The molecule has 0 fully saturated rings. The van der Waals surface area contributed by atoms with Gasteiger partial charge in [0, 0.05) is 32.9 Å². The molecule has 0 amide bonds. The fourth-order valence-electron chi connectivity index (χ4n) is 1.73. The van der Waals surface area contributed by atoms with Crippen LogP contribution in [-0.4, -0.2) is 63.2 Å². The van der Waals surface area contributed by atoms with Crippen molar-refractivity contribution < 1.29 is 14.6 Å². The van der Waals surface area contributed by atoms with Crippen LogP contribution in [0.15, 0.2) is 4.99 Å². The van der Waals surface area contributed by atoms with Crippen LogP contribution >= 0.6 is 24.0 Å². The number of hydrogen-bond acceptors (Lipinski definition) is 4. The molecule has 1 atom stereocenters. The molecule has 6 nitrogen and oxygen atoms in total. The van der Waals surface area contributed by atoms with Gasteiger partial charge in [0.1, 0.15) is 0 Å². The topological polar surface area (TPSA) is 75.1 Å². The van der Waals surface area contributed by atoms with Gasteiger partial charge in [-0.15, -0.1) is 24.0 Å². The van der Waals surface area contributed by atoms with Crippen LogP contribution in [0.1, 0.15) is 41.0 Å². The monoisotopic (exact) mass is 459 g/mol. The van der Waals surface area contributed by atoms with Crippen LogP contribution in [0.2, 0.25) is 0 Å². The minimum atomic E-state index is -0.571. The molecule has 0 aromatic carbocycles. The summed E-state index contributed by atoms with van der Waals surface area (Å²) in [4.78, 5) is 4.38. The zero-order chi connectivity index (χ0) is 17.5. The zero-order valence-electron chi connectivity index (χ0n) is 16.0. The van der Waals surface area contributed by atoms with Gasteiger partial charge < -0.3 is 25.2 Å². The van der Waals surface area contributed by atoms with Gasteiger partial charge in [0.25, 0.3) is 0 Å². The number of ether oxygens (including phenoxy) is 2. The molecule has 0 aromatic heterocycles. The molecule has 146 valence electrons. The largest absolute Gasteiger partial charge is 0.389 e. The summed E-state index contributed by atoms with van der Waals surface area (Å²) in [6, 6.07) is 0. The summed E-state index contributed by atoms with van der Waals surface area (Å²) in [5, 5.41) is 16.3. The highest BCUT2D eigenvalue weighted by molar-refractivity contribution is 14.0. The Bertz CT molecular complexity index is 303. The van der Waals surface area contributed by atoms with Crippen LogP contribution < -0.4 is 10.6 Å². The molecule has 0 spiro atoms. The molecule has 0 heterocycles. The molecule has 0 bridgehead atoms. The molecule has 1 unspecified atom stereocenters. The highest BCUT2D eigenvalue weighted by Crippen LogP contribution is 1.95. The molecule has 0 saturated heterocycles. The molecule has 0 aliphatic heterocycles. The standard InChI is InChI=1S/C17H37N3O3.HI/c1-6-18-17(19-8-7-9-22-11-14(2)3)20-10-16(21)13-23-12-15(4)5;/h14-16,21H,6-13H2,1-5H3,(H2,18,19,20);1H. The fourth-order valence-corrected chi connectivity index (χ4v) is 1.73. The second-order valence-corrected chi connectivity index (χ2v) is 6.55. The summed E-state index contributed by atoms with van der Waals surface area (Å²) in [5.74, 6) is 1.77. The number of nitrogens with one attached hydrogen (secondary N) is 2. The van der Waals surface area contributed by atoms with Gasteiger partial charge in [-0.2, -0.15) is 0 Å². The van der Waals surface area contributed by atoms with Crippen molar-refractivity contribution in [3.8, 4) is 0 Å². The van der Waals surface area contributed by atoms with E-state index in [2.05, 4.69) is 43.3 Å². The van der Waals surface area contributed by atoms with Crippen LogP contribution in [0.5, 0.6) is 0 Å². The molecule has 7 heteroatoms. The van der Waals surface area contributed by atoms with Gasteiger partial charge in [0.15, 0.2) is 5.96 Å². The van der Waals surface area contributed by atoms with Gasteiger partial charge in [0.05, 0.1) is 19.3 Å². The Morgan fingerprint density at radius 1 is 1.00 bits per heavy atom. The predicted octanol–water partition coefficient (Wildman–Crippen LogP) is 2.26. The van der Waals surface area contributed by atoms with E-state index in [1.165, 1.54) is 0 Å². The zero-order valence-corrected chi connectivity index (χ0v) is 18.3. The number of nitrogens with zero attached hydrogens (tertiary/aromatic N) is 1. The third-order valence-corrected chi connectivity index (χ3v) is 2.77. The van der Waals surface area contributed by atoms with Gasteiger partial charge in [-0.05, 0) is 25.2 Å². The summed E-state index contributed by atoms with van der Waals surface area (Å²) in [6.07, 6.45) is 0.357. The fraction of sp³-hybridized carbons (Fsp3) is 0.941. The highest BCUT2D eigenvalue weighted by atomic mass is 127. The SMILES string of the molecule is CCNC(=NCC(O)COCC(C)C)NCCCOCC(C)C.I. The van der Waals surface area contributed by atoms with Gasteiger partial charge in [-0.1, -0.05) is 27.7 Å². The Labute approximate surface area is 165 Å². The van der Waals surface area contributed by atoms with Crippen LogP contribution in [0.4, 0.5) is 0 Å².